The average molecular weight is 343 g/mol. The maximum atomic E-state index is 9.44. The minimum absolute atomic E-state index is 0.102. The number of rotatable bonds is 3. The smallest absolute Gasteiger partial charge is 0.156 e. The summed E-state index contributed by atoms with van der Waals surface area (Å²) in [5.74, 6) is 0. The van der Waals surface area contributed by atoms with Crippen LogP contribution >= 0.6 is 0 Å². The molecule has 0 atom stereocenters. The quantitative estimate of drug-likeness (QED) is 0.467. The van der Waals surface area contributed by atoms with Crippen molar-refractivity contribution in [3.8, 4) is 22.4 Å². The Kier molecular flexibility index (Phi) is 3.20. The highest BCUT2D eigenvalue weighted by atomic mass is 16.3. The maximum Gasteiger partial charge on any atom is 0.156 e. The van der Waals surface area contributed by atoms with Gasteiger partial charge in [-0.1, -0.05) is 18.2 Å². The molecule has 0 aliphatic rings. The molecule has 26 heavy (non-hydrogen) atoms. The van der Waals surface area contributed by atoms with E-state index in [9.17, 15) is 5.11 Å². The van der Waals surface area contributed by atoms with Gasteiger partial charge in [-0.15, -0.1) is 0 Å². The molecule has 0 radical (unpaired) electrons. The van der Waals surface area contributed by atoms with Crippen molar-refractivity contribution in [3.63, 3.8) is 0 Å². The molecule has 6 nitrogen and oxygen atoms in total. The van der Waals surface area contributed by atoms with Crippen LogP contribution in [0.5, 0.6) is 0 Å². The molecule has 5 rings (SSSR count). The second kappa shape index (κ2) is 5.57. The van der Waals surface area contributed by atoms with Crippen LogP contribution in [-0.2, 0) is 6.61 Å². The Morgan fingerprint density at radius 3 is 2.81 bits per heavy atom. The van der Waals surface area contributed by atoms with E-state index < -0.39 is 0 Å². The van der Waals surface area contributed by atoms with Crippen LogP contribution in [0.4, 0.5) is 0 Å². The zero-order valence-corrected chi connectivity index (χ0v) is 14.2. The first-order valence-corrected chi connectivity index (χ1v) is 8.44. The first-order chi connectivity index (χ1) is 12.8. The Labute approximate surface area is 149 Å². The number of imidazole rings is 1. The molecule has 0 saturated heterocycles. The summed E-state index contributed by atoms with van der Waals surface area (Å²) in [5.41, 5.74) is 7.71. The van der Waals surface area contributed by atoms with Gasteiger partial charge in [-0.3, -0.25) is 9.38 Å². The molecule has 0 unspecified atom stereocenters. The van der Waals surface area contributed by atoms with E-state index in [4.69, 9.17) is 0 Å². The molecular weight excluding hydrogens is 326 g/mol. The molecule has 0 aliphatic heterocycles. The van der Waals surface area contributed by atoms with Gasteiger partial charge in [0, 0.05) is 52.4 Å². The SMILES string of the molecule is Cc1nc2cnc(CO)cn2c1-c1c[nH]cc1-c1c[nH]c2ccccc12. The van der Waals surface area contributed by atoms with Gasteiger partial charge in [-0.25, -0.2) is 4.98 Å². The highest BCUT2D eigenvalue weighted by Gasteiger charge is 2.18. The zero-order valence-electron chi connectivity index (χ0n) is 14.2. The summed E-state index contributed by atoms with van der Waals surface area (Å²) in [6, 6.07) is 8.26. The number of aromatic amines is 2. The third-order valence-corrected chi connectivity index (χ3v) is 4.78. The van der Waals surface area contributed by atoms with Crippen molar-refractivity contribution in [2.75, 3.05) is 0 Å². The van der Waals surface area contributed by atoms with Gasteiger partial charge in [-0.05, 0) is 13.0 Å². The second-order valence-electron chi connectivity index (χ2n) is 6.34. The lowest BCUT2D eigenvalue weighted by Gasteiger charge is -2.06. The molecule has 1 aromatic carbocycles. The van der Waals surface area contributed by atoms with Crippen molar-refractivity contribution in [1.29, 1.82) is 0 Å². The van der Waals surface area contributed by atoms with E-state index in [1.165, 1.54) is 5.39 Å². The summed E-state index contributed by atoms with van der Waals surface area (Å²) in [4.78, 5) is 15.4. The summed E-state index contributed by atoms with van der Waals surface area (Å²) in [6.45, 7) is 1.89. The van der Waals surface area contributed by atoms with Gasteiger partial charge in [0.1, 0.15) is 0 Å². The number of aromatic nitrogens is 5. The molecule has 0 fully saturated rings. The lowest BCUT2D eigenvalue weighted by Crippen LogP contribution is -1.96. The maximum absolute atomic E-state index is 9.44. The molecule has 0 bridgehead atoms. The third-order valence-electron chi connectivity index (χ3n) is 4.78. The molecule has 0 aliphatic carbocycles. The monoisotopic (exact) mass is 343 g/mol. The standard InChI is InChI=1S/C20H17N5O/c1-12-20(25-10-13(11-26)22-9-19(25)24-12)17-7-21-6-15(17)16-8-23-18-5-3-2-4-14(16)18/h2-10,21,23,26H,11H2,1H3. The lowest BCUT2D eigenvalue weighted by molar-refractivity contribution is 0.276. The van der Waals surface area contributed by atoms with Gasteiger partial charge in [-0.2, -0.15) is 0 Å². The van der Waals surface area contributed by atoms with Crippen LogP contribution < -0.4 is 0 Å². The molecule has 6 heteroatoms. The molecule has 128 valence electrons. The van der Waals surface area contributed by atoms with Crippen LogP contribution in [0.15, 0.2) is 55.2 Å². The molecule has 0 amide bonds. The largest absolute Gasteiger partial charge is 0.390 e. The van der Waals surface area contributed by atoms with E-state index in [-0.39, 0.29) is 6.61 Å². The van der Waals surface area contributed by atoms with Crippen LogP contribution in [0.3, 0.4) is 0 Å². The highest BCUT2D eigenvalue weighted by molar-refractivity contribution is 5.99. The van der Waals surface area contributed by atoms with Gasteiger partial charge >= 0.3 is 0 Å². The molecular formula is C20H17N5O. The summed E-state index contributed by atoms with van der Waals surface area (Å²) in [7, 11) is 0. The van der Waals surface area contributed by atoms with Gasteiger partial charge in [0.05, 0.1) is 29.9 Å². The average Bonchev–Trinajstić information content (AvgIpc) is 3.36. The topological polar surface area (TPSA) is 82.0 Å². The Balaban J connectivity index is 1.78. The Morgan fingerprint density at radius 2 is 1.92 bits per heavy atom. The molecule has 3 N–H and O–H groups in total. The fourth-order valence-corrected chi connectivity index (χ4v) is 3.60. The Bertz CT molecular complexity index is 1240. The molecule has 0 saturated carbocycles. The molecule has 4 heterocycles. The molecule has 4 aromatic heterocycles. The zero-order chi connectivity index (χ0) is 17.7. The number of aliphatic hydroxyl groups excluding tert-OH is 1. The van der Waals surface area contributed by atoms with Crippen molar-refractivity contribution < 1.29 is 5.11 Å². The number of aliphatic hydroxyl groups is 1. The second-order valence-corrected chi connectivity index (χ2v) is 6.34. The van der Waals surface area contributed by atoms with E-state index in [0.717, 1.165) is 39.2 Å². The van der Waals surface area contributed by atoms with Crippen molar-refractivity contribution in [3.05, 3.63) is 66.6 Å². The van der Waals surface area contributed by atoms with Gasteiger partial charge in [0.25, 0.3) is 0 Å². The predicted octanol–water partition coefficient (Wildman–Crippen LogP) is 3.67. The van der Waals surface area contributed by atoms with Gasteiger partial charge in [0.15, 0.2) is 5.65 Å². The summed E-state index contributed by atoms with van der Waals surface area (Å²) in [5, 5.41) is 10.6. The third kappa shape index (κ3) is 2.09. The van der Waals surface area contributed by atoms with E-state index in [1.807, 2.05) is 48.2 Å². The number of para-hydroxylation sites is 1. The Hall–Kier alpha value is -3.38. The fourth-order valence-electron chi connectivity index (χ4n) is 3.60. The normalized spacial score (nSPS) is 11.6. The lowest BCUT2D eigenvalue weighted by atomic mass is 10.0. The van der Waals surface area contributed by atoms with Crippen LogP contribution in [0, 0.1) is 6.92 Å². The number of nitrogens with one attached hydrogen (secondary N) is 2. The van der Waals surface area contributed by atoms with E-state index in [0.29, 0.717) is 5.69 Å². The van der Waals surface area contributed by atoms with E-state index in [2.05, 4.69) is 32.1 Å². The molecule has 5 aromatic rings. The fraction of sp³-hybridized carbons (Fsp3) is 0.100. The number of nitrogens with zero attached hydrogens (tertiary/aromatic N) is 3. The van der Waals surface area contributed by atoms with Crippen LogP contribution in [-0.4, -0.2) is 29.4 Å². The number of hydrogen-bond acceptors (Lipinski definition) is 3. The molecule has 0 spiro atoms. The highest BCUT2D eigenvalue weighted by Crippen LogP contribution is 2.37. The van der Waals surface area contributed by atoms with Crippen LogP contribution in [0.1, 0.15) is 11.4 Å². The van der Waals surface area contributed by atoms with E-state index >= 15 is 0 Å². The summed E-state index contributed by atoms with van der Waals surface area (Å²) < 4.78 is 2.00. The van der Waals surface area contributed by atoms with Gasteiger partial charge < -0.3 is 15.1 Å². The first kappa shape index (κ1) is 14.9. The van der Waals surface area contributed by atoms with Crippen molar-refractivity contribution in [2.24, 2.45) is 0 Å². The number of hydrogen-bond donors (Lipinski definition) is 3. The summed E-state index contributed by atoms with van der Waals surface area (Å²) in [6.07, 6.45) is 9.58. The van der Waals surface area contributed by atoms with Crippen LogP contribution in [0.25, 0.3) is 38.9 Å². The van der Waals surface area contributed by atoms with Gasteiger partial charge in [0.2, 0.25) is 0 Å². The minimum Gasteiger partial charge on any atom is -0.390 e. The van der Waals surface area contributed by atoms with Crippen molar-refractivity contribution >= 4 is 16.6 Å². The van der Waals surface area contributed by atoms with Crippen molar-refractivity contribution in [1.82, 2.24) is 24.3 Å². The summed E-state index contributed by atoms with van der Waals surface area (Å²) >= 11 is 0. The number of H-pyrrole nitrogens is 2. The number of aryl methyl sites for hydroxylation is 1. The Morgan fingerprint density at radius 1 is 1.08 bits per heavy atom. The predicted molar refractivity (Wildman–Crippen MR) is 101 cm³/mol. The number of fused-ring (bicyclic) bond motifs is 2. The van der Waals surface area contributed by atoms with Crippen LogP contribution in [0.2, 0.25) is 0 Å². The van der Waals surface area contributed by atoms with E-state index in [1.54, 1.807) is 6.20 Å². The van der Waals surface area contributed by atoms with Crippen molar-refractivity contribution in [2.45, 2.75) is 13.5 Å². The number of benzene rings is 1. The first-order valence-electron chi connectivity index (χ1n) is 8.44. The minimum atomic E-state index is -0.102.